The van der Waals surface area contributed by atoms with Crippen LogP contribution in [-0.4, -0.2) is 13.1 Å². The molecular weight excluding hydrogens is 252 g/mol. The molecule has 1 aliphatic heterocycles. The lowest BCUT2D eigenvalue weighted by Gasteiger charge is -2.15. The molecule has 2 aromatic carbocycles. The maximum absolute atomic E-state index is 11.0. The summed E-state index contributed by atoms with van der Waals surface area (Å²) >= 11 is 0. The zero-order chi connectivity index (χ0) is 13.8. The molecule has 0 aliphatic carbocycles. The zero-order valence-corrected chi connectivity index (χ0v) is 11.1. The minimum absolute atomic E-state index is 0.171. The molecule has 0 saturated carbocycles. The molecule has 3 heteroatoms. The number of rotatable bonds is 5. The fourth-order valence-electron chi connectivity index (χ4n) is 2.52. The molecule has 0 unspecified atom stereocenters. The second-order valence-electron chi connectivity index (χ2n) is 4.90. The Kier molecular flexibility index (Phi) is 3.68. The maximum Gasteiger partial charge on any atom is 0.231 e. The van der Waals surface area contributed by atoms with E-state index in [-0.39, 0.29) is 12.7 Å². The van der Waals surface area contributed by atoms with Crippen molar-refractivity contribution in [3.05, 3.63) is 59.7 Å². The number of benzene rings is 2. The van der Waals surface area contributed by atoms with Crippen molar-refractivity contribution in [2.24, 2.45) is 0 Å². The molecule has 20 heavy (non-hydrogen) atoms. The molecule has 0 aromatic heterocycles. The van der Waals surface area contributed by atoms with Gasteiger partial charge in [-0.05, 0) is 35.6 Å². The Morgan fingerprint density at radius 1 is 1.05 bits per heavy atom. The van der Waals surface area contributed by atoms with Crippen molar-refractivity contribution < 1.29 is 14.3 Å². The lowest BCUT2D eigenvalue weighted by atomic mass is 9.89. The number of ether oxygens (including phenoxy) is 2. The summed E-state index contributed by atoms with van der Waals surface area (Å²) < 4.78 is 10.7. The molecule has 1 aliphatic rings. The molecule has 0 fully saturated rings. The summed E-state index contributed by atoms with van der Waals surface area (Å²) in [6.45, 7) is 0.274. The molecule has 1 heterocycles. The van der Waals surface area contributed by atoms with Gasteiger partial charge in [0.15, 0.2) is 11.5 Å². The molecule has 1 atom stereocenters. The second-order valence-corrected chi connectivity index (χ2v) is 4.90. The van der Waals surface area contributed by atoms with Crippen molar-refractivity contribution >= 4 is 6.29 Å². The van der Waals surface area contributed by atoms with E-state index in [1.165, 1.54) is 5.56 Å². The van der Waals surface area contributed by atoms with Crippen molar-refractivity contribution in [3.8, 4) is 11.5 Å². The summed E-state index contributed by atoms with van der Waals surface area (Å²) in [7, 11) is 0. The van der Waals surface area contributed by atoms with Crippen LogP contribution in [-0.2, 0) is 11.2 Å². The average Bonchev–Trinajstić information content (AvgIpc) is 2.95. The van der Waals surface area contributed by atoms with Crippen molar-refractivity contribution in [1.82, 2.24) is 0 Å². The van der Waals surface area contributed by atoms with Gasteiger partial charge in [0.2, 0.25) is 6.79 Å². The number of carbonyl (C=O) groups excluding carboxylic acids is 1. The monoisotopic (exact) mass is 268 g/mol. The highest BCUT2D eigenvalue weighted by Gasteiger charge is 2.18. The van der Waals surface area contributed by atoms with Crippen molar-refractivity contribution in [2.45, 2.75) is 18.8 Å². The Hall–Kier alpha value is -2.29. The molecule has 102 valence electrons. The topological polar surface area (TPSA) is 35.5 Å². The van der Waals surface area contributed by atoms with Crippen LogP contribution in [0.25, 0.3) is 0 Å². The van der Waals surface area contributed by atoms with Crippen molar-refractivity contribution in [1.29, 1.82) is 0 Å². The van der Waals surface area contributed by atoms with Gasteiger partial charge >= 0.3 is 0 Å². The predicted molar refractivity (Wildman–Crippen MR) is 76.1 cm³/mol. The van der Waals surface area contributed by atoms with Gasteiger partial charge in [0.1, 0.15) is 6.29 Å². The van der Waals surface area contributed by atoms with Gasteiger partial charge < -0.3 is 14.3 Å². The normalized spacial score (nSPS) is 14.0. The number of aldehydes is 1. The van der Waals surface area contributed by atoms with Crippen LogP contribution in [0.15, 0.2) is 48.5 Å². The lowest BCUT2D eigenvalue weighted by Crippen LogP contribution is -2.04. The molecule has 0 N–H and O–H groups in total. The van der Waals surface area contributed by atoms with E-state index in [1.54, 1.807) is 0 Å². The smallest absolute Gasteiger partial charge is 0.231 e. The predicted octanol–water partition coefficient (Wildman–Crippen LogP) is 3.33. The third-order valence-corrected chi connectivity index (χ3v) is 3.57. The Balaban J connectivity index is 1.84. The van der Waals surface area contributed by atoms with Crippen molar-refractivity contribution in [3.63, 3.8) is 0 Å². The highest BCUT2D eigenvalue weighted by atomic mass is 16.7. The molecule has 0 bridgehead atoms. The van der Waals surface area contributed by atoms with Gasteiger partial charge in [-0.2, -0.15) is 0 Å². The summed E-state index contributed by atoms with van der Waals surface area (Å²) in [6.07, 6.45) is 2.34. The van der Waals surface area contributed by atoms with Crippen LogP contribution in [0.3, 0.4) is 0 Å². The first-order chi connectivity index (χ1) is 9.86. The van der Waals surface area contributed by atoms with Gasteiger partial charge in [0, 0.05) is 6.42 Å². The molecule has 2 aromatic rings. The Morgan fingerprint density at radius 2 is 1.85 bits per heavy atom. The molecule has 3 rings (SSSR count). The Bertz CT molecular complexity index is 592. The van der Waals surface area contributed by atoms with E-state index in [9.17, 15) is 4.79 Å². The van der Waals surface area contributed by atoms with Crippen LogP contribution >= 0.6 is 0 Å². The average molecular weight is 268 g/mol. The summed E-state index contributed by atoms with van der Waals surface area (Å²) in [6, 6.07) is 16.1. The standard InChI is InChI=1S/C17H16O3/c18-9-8-15(10-13-4-2-1-3-5-13)14-6-7-16-17(11-14)20-12-19-16/h1-7,9,11,15H,8,10,12H2/t15-/m0/s1. The molecular formula is C17H16O3. The first-order valence-electron chi connectivity index (χ1n) is 6.74. The number of fused-ring (bicyclic) bond motifs is 1. The third kappa shape index (κ3) is 2.67. The van der Waals surface area contributed by atoms with E-state index in [2.05, 4.69) is 12.1 Å². The first-order valence-corrected chi connectivity index (χ1v) is 6.74. The van der Waals surface area contributed by atoms with Crippen molar-refractivity contribution in [2.75, 3.05) is 6.79 Å². The largest absolute Gasteiger partial charge is 0.454 e. The molecule has 3 nitrogen and oxygen atoms in total. The van der Waals surface area contributed by atoms with Crippen LogP contribution in [0.4, 0.5) is 0 Å². The summed E-state index contributed by atoms with van der Waals surface area (Å²) in [5.74, 6) is 1.72. The van der Waals surface area contributed by atoms with E-state index in [0.717, 1.165) is 29.8 Å². The first kappa shape index (κ1) is 12.7. The maximum atomic E-state index is 11.0. The highest BCUT2D eigenvalue weighted by Crippen LogP contribution is 2.36. The van der Waals surface area contributed by atoms with Gasteiger partial charge in [-0.3, -0.25) is 0 Å². The van der Waals surface area contributed by atoms with Gasteiger partial charge in [0.05, 0.1) is 0 Å². The number of hydrogen-bond acceptors (Lipinski definition) is 3. The molecule has 0 radical (unpaired) electrons. The van der Waals surface area contributed by atoms with Crippen LogP contribution in [0.2, 0.25) is 0 Å². The van der Waals surface area contributed by atoms with E-state index < -0.39 is 0 Å². The van der Waals surface area contributed by atoms with E-state index in [1.807, 2.05) is 36.4 Å². The molecule has 0 amide bonds. The molecule has 0 spiro atoms. The SMILES string of the molecule is O=CC[C@@H](Cc1ccccc1)c1ccc2c(c1)OCO2. The van der Waals surface area contributed by atoms with E-state index in [0.29, 0.717) is 6.42 Å². The quantitative estimate of drug-likeness (QED) is 0.780. The summed E-state index contributed by atoms with van der Waals surface area (Å²) in [5, 5.41) is 0. The molecule has 0 saturated heterocycles. The van der Waals surface area contributed by atoms with Crippen LogP contribution < -0.4 is 9.47 Å². The fourth-order valence-corrected chi connectivity index (χ4v) is 2.52. The summed E-state index contributed by atoms with van der Waals surface area (Å²) in [4.78, 5) is 11.0. The van der Waals surface area contributed by atoms with Gasteiger partial charge in [-0.15, -0.1) is 0 Å². The highest BCUT2D eigenvalue weighted by molar-refractivity contribution is 5.53. The minimum atomic E-state index is 0.171. The third-order valence-electron chi connectivity index (χ3n) is 3.57. The van der Waals surface area contributed by atoms with E-state index in [4.69, 9.17) is 9.47 Å². The number of carbonyl (C=O) groups is 1. The van der Waals surface area contributed by atoms with E-state index >= 15 is 0 Å². The zero-order valence-electron chi connectivity index (χ0n) is 11.1. The Labute approximate surface area is 118 Å². The van der Waals surface area contributed by atoms with Crippen LogP contribution in [0.5, 0.6) is 11.5 Å². The van der Waals surface area contributed by atoms with Crippen LogP contribution in [0.1, 0.15) is 23.5 Å². The fraction of sp³-hybridized carbons (Fsp3) is 0.235. The lowest BCUT2D eigenvalue weighted by molar-refractivity contribution is -0.108. The number of hydrogen-bond donors (Lipinski definition) is 0. The summed E-state index contributed by atoms with van der Waals surface area (Å²) in [5.41, 5.74) is 2.35. The van der Waals surface area contributed by atoms with Gasteiger partial charge in [-0.1, -0.05) is 36.4 Å². The van der Waals surface area contributed by atoms with Gasteiger partial charge in [0.25, 0.3) is 0 Å². The van der Waals surface area contributed by atoms with Gasteiger partial charge in [-0.25, -0.2) is 0 Å². The minimum Gasteiger partial charge on any atom is -0.454 e. The second kappa shape index (κ2) is 5.78. The van der Waals surface area contributed by atoms with Crippen LogP contribution in [0, 0.1) is 0 Å². The Morgan fingerprint density at radius 3 is 2.65 bits per heavy atom.